The minimum atomic E-state index is -4.00. The number of methoxy groups -OCH3 is 1. The van der Waals surface area contributed by atoms with Crippen molar-refractivity contribution in [3.05, 3.63) is 94.8 Å². The fourth-order valence-corrected chi connectivity index (χ4v) is 5.17. The monoisotopic (exact) mass is 589 g/mol. The van der Waals surface area contributed by atoms with Crippen molar-refractivity contribution >= 4 is 39.1 Å². The maximum Gasteiger partial charge on any atom is 0.244 e. The zero-order valence-corrected chi connectivity index (χ0v) is 24.4. The molecule has 0 fully saturated rings. The van der Waals surface area contributed by atoms with Crippen LogP contribution >= 0.6 is 11.6 Å². The number of hydrogen-bond donors (Lipinski definition) is 1. The van der Waals surface area contributed by atoms with E-state index in [1.807, 2.05) is 44.2 Å². The van der Waals surface area contributed by atoms with Crippen LogP contribution in [0.3, 0.4) is 0 Å². The van der Waals surface area contributed by atoms with Gasteiger partial charge in [-0.1, -0.05) is 54.1 Å². The van der Waals surface area contributed by atoms with Crippen LogP contribution in [0.25, 0.3) is 0 Å². The highest BCUT2D eigenvalue weighted by molar-refractivity contribution is 7.92. The van der Waals surface area contributed by atoms with E-state index in [0.29, 0.717) is 11.3 Å². The second-order valence-electron chi connectivity index (χ2n) is 9.61. The lowest BCUT2D eigenvalue weighted by molar-refractivity contribution is -0.140. The molecule has 0 saturated heterocycles. The van der Waals surface area contributed by atoms with Crippen molar-refractivity contribution < 1.29 is 27.1 Å². The minimum Gasteiger partial charge on any atom is -0.497 e. The first-order valence-electron chi connectivity index (χ1n) is 12.6. The first kappa shape index (κ1) is 30.9. The zero-order chi connectivity index (χ0) is 29.4. The summed E-state index contributed by atoms with van der Waals surface area (Å²) >= 11 is 5.92. The third-order valence-corrected chi connectivity index (χ3v) is 7.49. The number of amides is 2. The van der Waals surface area contributed by atoms with Gasteiger partial charge in [-0.25, -0.2) is 12.8 Å². The molecule has 11 heteroatoms. The van der Waals surface area contributed by atoms with Gasteiger partial charge in [0.1, 0.15) is 24.2 Å². The van der Waals surface area contributed by atoms with Crippen LogP contribution in [0.15, 0.2) is 72.8 Å². The van der Waals surface area contributed by atoms with Crippen LogP contribution in [-0.4, -0.2) is 57.1 Å². The Bertz CT molecular complexity index is 1440. The highest BCUT2D eigenvalue weighted by Crippen LogP contribution is 2.25. The number of hydrogen-bond acceptors (Lipinski definition) is 5. The van der Waals surface area contributed by atoms with E-state index in [-0.39, 0.29) is 35.6 Å². The molecular formula is C29H33ClFN3O5S. The van der Waals surface area contributed by atoms with Gasteiger partial charge in [0.15, 0.2) is 0 Å². The smallest absolute Gasteiger partial charge is 0.244 e. The van der Waals surface area contributed by atoms with Crippen molar-refractivity contribution in [2.75, 3.05) is 24.2 Å². The topological polar surface area (TPSA) is 96.0 Å². The first-order valence-corrected chi connectivity index (χ1v) is 14.8. The van der Waals surface area contributed by atoms with Crippen molar-refractivity contribution in [2.45, 2.75) is 38.9 Å². The number of ether oxygens (including phenoxy) is 1. The normalized spacial score (nSPS) is 12.1. The number of anilines is 1. The summed E-state index contributed by atoms with van der Waals surface area (Å²) in [6.45, 7) is 3.00. The molecule has 1 N–H and O–H groups in total. The minimum absolute atomic E-state index is 0.000818. The molecule has 8 nitrogen and oxygen atoms in total. The summed E-state index contributed by atoms with van der Waals surface area (Å²) in [5, 5.41) is 2.60. The van der Waals surface area contributed by atoms with Crippen molar-refractivity contribution in [3.63, 3.8) is 0 Å². The van der Waals surface area contributed by atoms with Crippen LogP contribution in [0.5, 0.6) is 5.75 Å². The van der Waals surface area contributed by atoms with E-state index in [4.69, 9.17) is 16.3 Å². The standard InChI is InChI=1S/C29H33ClFN3O5S/c1-20(2)32-29(36)27(16-21-9-6-5-7-10-21)33(18-22-11-8-12-24(15-22)39-3)28(35)19-34(40(4,37)38)23-13-14-26(31)25(30)17-23/h5-15,17,20,27H,16,18-19H2,1-4H3,(H,32,36). The predicted octanol–water partition coefficient (Wildman–Crippen LogP) is 4.42. The van der Waals surface area contributed by atoms with E-state index >= 15 is 0 Å². The van der Waals surface area contributed by atoms with Crippen LogP contribution < -0.4 is 14.4 Å². The molecule has 0 aliphatic carbocycles. The molecule has 214 valence electrons. The highest BCUT2D eigenvalue weighted by atomic mass is 35.5. The maximum absolute atomic E-state index is 14.0. The molecule has 1 atom stereocenters. The molecule has 0 aromatic heterocycles. The molecule has 2 amide bonds. The highest BCUT2D eigenvalue weighted by Gasteiger charge is 2.33. The molecule has 0 aliphatic heterocycles. The van der Waals surface area contributed by atoms with Crippen molar-refractivity contribution in [1.82, 2.24) is 10.2 Å². The van der Waals surface area contributed by atoms with Gasteiger partial charge in [0, 0.05) is 19.0 Å². The third-order valence-electron chi connectivity index (χ3n) is 6.06. The number of nitrogens with one attached hydrogen (secondary N) is 1. The lowest BCUT2D eigenvalue weighted by Gasteiger charge is -2.34. The van der Waals surface area contributed by atoms with Gasteiger partial charge in [0.05, 0.1) is 24.1 Å². The summed E-state index contributed by atoms with van der Waals surface area (Å²) in [7, 11) is -2.48. The van der Waals surface area contributed by atoms with E-state index in [2.05, 4.69) is 5.32 Å². The SMILES string of the molecule is COc1cccc(CN(C(=O)CN(c2ccc(F)c(Cl)c2)S(C)(=O)=O)C(Cc2ccccc2)C(=O)NC(C)C)c1. The van der Waals surface area contributed by atoms with E-state index in [1.165, 1.54) is 18.1 Å². The largest absolute Gasteiger partial charge is 0.497 e. The van der Waals surface area contributed by atoms with Gasteiger partial charge in [-0.3, -0.25) is 13.9 Å². The summed E-state index contributed by atoms with van der Waals surface area (Å²) in [5.41, 5.74) is 1.52. The first-order chi connectivity index (χ1) is 18.9. The second kappa shape index (κ2) is 13.6. The summed E-state index contributed by atoms with van der Waals surface area (Å²) in [6, 6.07) is 18.5. The quantitative estimate of drug-likeness (QED) is 0.337. The number of rotatable bonds is 12. The Kier molecular flexibility index (Phi) is 10.5. The molecular weight excluding hydrogens is 557 g/mol. The molecule has 3 rings (SSSR count). The van der Waals surface area contributed by atoms with Crippen LogP contribution in [0.2, 0.25) is 5.02 Å². The molecule has 0 aliphatic rings. The number of carbonyl (C=O) groups excluding carboxylic acids is 2. The molecule has 1 unspecified atom stereocenters. The number of nitrogens with zero attached hydrogens (tertiary/aromatic N) is 2. The lowest BCUT2D eigenvalue weighted by Crippen LogP contribution is -2.54. The van der Waals surface area contributed by atoms with E-state index < -0.39 is 34.3 Å². The van der Waals surface area contributed by atoms with Gasteiger partial charge in [-0.15, -0.1) is 0 Å². The fraction of sp³-hybridized carbons (Fsp3) is 0.310. The summed E-state index contributed by atoms with van der Waals surface area (Å²) in [4.78, 5) is 28.9. The van der Waals surface area contributed by atoms with Crippen molar-refractivity contribution in [2.24, 2.45) is 0 Å². The van der Waals surface area contributed by atoms with Crippen LogP contribution in [0, 0.1) is 5.82 Å². The van der Waals surface area contributed by atoms with Crippen molar-refractivity contribution in [1.29, 1.82) is 0 Å². The Balaban J connectivity index is 2.08. The van der Waals surface area contributed by atoms with E-state index in [1.54, 1.807) is 24.3 Å². The Morgan fingerprint density at radius 3 is 2.27 bits per heavy atom. The van der Waals surface area contributed by atoms with Gasteiger partial charge in [0.25, 0.3) is 0 Å². The number of benzene rings is 3. The molecule has 0 bridgehead atoms. The van der Waals surface area contributed by atoms with Crippen LogP contribution in [0.4, 0.5) is 10.1 Å². The Morgan fingerprint density at radius 2 is 1.68 bits per heavy atom. The molecule has 0 saturated carbocycles. The molecule has 3 aromatic rings. The van der Waals surface area contributed by atoms with Gasteiger partial charge >= 0.3 is 0 Å². The van der Waals surface area contributed by atoms with Gasteiger partial charge < -0.3 is 15.0 Å². The van der Waals surface area contributed by atoms with Crippen LogP contribution in [-0.2, 0) is 32.6 Å². The maximum atomic E-state index is 14.0. The Morgan fingerprint density at radius 1 is 1.00 bits per heavy atom. The van der Waals surface area contributed by atoms with E-state index in [9.17, 15) is 22.4 Å². The molecule has 0 radical (unpaired) electrons. The number of carbonyl (C=O) groups is 2. The summed E-state index contributed by atoms with van der Waals surface area (Å²) in [6.07, 6.45) is 1.13. The van der Waals surface area contributed by atoms with E-state index in [0.717, 1.165) is 28.3 Å². The molecule has 40 heavy (non-hydrogen) atoms. The fourth-order valence-electron chi connectivity index (χ4n) is 4.16. The zero-order valence-electron chi connectivity index (χ0n) is 22.8. The molecule has 0 heterocycles. The molecule has 0 spiro atoms. The third kappa shape index (κ3) is 8.43. The summed E-state index contributed by atoms with van der Waals surface area (Å²) < 4.78 is 45.6. The molecule has 3 aromatic carbocycles. The van der Waals surface area contributed by atoms with Gasteiger partial charge in [-0.2, -0.15) is 0 Å². The predicted molar refractivity (Wildman–Crippen MR) is 154 cm³/mol. The van der Waals surface area contributed by atoms with Gasteiger partial charge in [0.2, 0.25) is 21.8 Å². The number of sulfonamides is 1. The second-order valence-corrected chi connectivity index (χ2v) is 11.9. The average molecular weight is 590 g/mol. The Labute approximate surface area is 239 Å². The lowest BCUT2D eigenvalue weighted by atomic mass is 10.0. The van der Waals surface area contributed by atoms with Crippen molar-refractivity contribution in [3.8, 4) is 5.75 Å². The number of halogens is 2. The Hall–Kier alpha value is -3.63. The van der Waals surface area contributed by atoms with Crippen LogP contribution in [0.1, 0.15) is 25.0 Å². The average Bonchev–Trinajstić information content (AvgIpc) is 2.90. The summed E-state index contributed by atoms with van der Waals surface area (Å²) in [5.74, 6) is -1.17. The van der Waals surface area contributed by atoms with Gasteiger partial charge in [-0.05, 0) is 55.3 Å².